The van der Waals surface area contributed by atoms with Gasteiger partial charge in [0.2, 0.25) is 0 Å². The van der Waals surface area contributed by atoms with Gasteiger partial charge in [-0.1, -0.05) is 0 Å². The third kappa shape index (κ3) is 4.67. The largest absolute Gasteiger partial charge is 0.309 e. The van der Waals surface area contributed by atoms with E-state index in [2.05, 4.69) is 56.9 Å². The van der Waals surface area contributed by atoms with Crippen molar-refractivity contribution < 1.29 is 0 Å². The van der Waals surface area contributed by atoms with Crippen molar-refractivity contribution in [1.82, 2.24) is 15.2 Å². The Kier molecular flexibility index (Phi) is 6.26. The Labute approximate surface area is 116 Å². The molecule has 0 spiro atoms. The molecule has 1 heterocycles. The number of rotatable bonds is 7. The molecule has 1 atom stereocenters. The number of nitrogens with one attached hydrogen (secondary N) is 1. The molecule has 104 valence electrons. The highest BCUT2D eigenvalue weighted by atomic mass is 32.1. The second kappa shape index (κ2) is 7.22. The van der Waals surface area contributed by atoms with Gasteiger partial charge in [-0.3, -0.25) is 0 Å². The van der Waals surface area contributed by atoms with E-state index in [-0.39, 0.29) is 0 Å². The van der Waals surface area contributed by atoms with Gasteiger partial charge >= 0.3 is 0 Å². The maximum atomic E-state index is 4.48. The van der Waals surface area contributed by atoms with Crippen LogP contribution >= 0.6 is 11.3 Å². The molecule has 0 saturated carbocycles. The van der Waals surface area contributed by atoms with Crippen LogP contribution in [0.25, 0.3) is 0 Å². The van der Waals surface area contributed by atoms with Crippen molar-refractivity contribution in [2.75, 3.05) is 20.1 Å². The predicted molar refractivity (Wildman–Crippen MR) is 80.4 cm³/mol. The monoisotopic (exact) mass is 269 g/mol. The van der Waals surface area contributed by atoms with Crippen molar-refractivity contribution in [2.24, 2.45) is 0 Å². The Balaban J connectivity index is 2.29. The molecule has 0 aromatic carbocycles. The second-order valence-corrected chi connectivity index (χ2v) is 6.52. The first-order chi connectivity index (χ1) is 8.41. The molecule has 1 aromatic heterocycles. The van der Waals surface area contributed by atoms with Crippen molar-refractivity contribution in [3.8, 4) is 0 Å². The third-order valence-electron chi connectivity index (χ3n) is 3.35. The fourth-order valence-electron chi connectivity index (χ4n) is 1.95. The van der Waals surface area contributed by atoms with Crippen LogP contribution in [0.15, 0.2) is 0 Å². The molecule has 0 aliphatic heterocycles. The van der Waals surface area contributed by atoms with Gasteiger partial charge in [0.25, 0.3) is 0 Å². The van der Waals surface area contributed by atoms with Gasteiger partial charge < -0.3 is 10.2 Å². The Morgan fingerprint density at radius 3 is 2.44 bits per heavy atom. The predicted octanol–water partition coefficient (Wildman–Crippen LogP) is 3.14. The molecule has 0 aliphatic carbocycles. The zero-order chi connectivity index (χ0) is 13.7. The number of aromatic nitrogens is 1. The Bertz CT molecular complexity index is 360. The Morgan fingerprint density at radius 1 is 1.28 bits per heavy atom. The lowest BCUT2D eigenvalue weighted by molar-refractivity contribution is 0.268. The maximum absolute atomic E-state index is 4.48. The summed E-state index contributed by atoms with van der Waals surface area (Å²) in [5.41, 5.74) is 1.18. The summed E-state index contributed by atoms with van der Waals surface area (Å²) in [5, 5.41) is 4.75. The van der Waals surface area contributed by atoms with E-state index in [1.54, 1.807) is 0 Å². The number of hydrogen-bond donors (Lipinski definition) is 1. The quantitative estimate of drug-likeness (QED) is 0.771. The number of nitrogens with zero attached hydrogens (tertiary/aromatic N) is 2. The molecule has 0 radical (unpaired) electrons. The first kappa shape index (κ1) is 15.6. The van der Waals surface area contributed by atoms with E-state index in [1.807, 2.05) is 11.3 Å². The number of aryl methyl sites for hydroxylation is 2. The van der Waals surface area contributed by atoms with Crippen molar-refractivity contribution in [3.05, 3.63) is 15.6 Å². The first-order valence-electron chi connectivity index (χ1n) is 6.79. The minimum Gasteiger partial charge on any atom is -0.309 e. The van der Waals surface area contributed by atoms with Crippen LogP contribution in [0.2, 0.25) is 0 Å². The zero-order valence-electron chi connectivity index (χ0n) is 12.6. The minimum atomic E-state index is 0.417. The summed E-state index contributed by atoms with van der Waals surface area (Å²) >= 11 is 1.81. The average Bonchev–Trinajstić information content (AvgIpc) is 2.63. The fourth-order valence-corrected chi connectivity index (χ4v) is 2.90. The summed E-state index contributed by atoms with van der Waals surface area (Å²) in [4.78, 5) is 8.24. The standard InChI is InChI=1S/C14H27N3S/c1-10(2)17(6)9-7-8-15-11(3)14-12(4)16-13(5)18-14/h10-11,15H,7-9H2,1-6H3. The van der Waals surface area contributed by atoms with E-state index < -0.39 is 0 Å². The summed E-state index contributed by atoms with van der Waals surface area (Å²) < 4.78 is 0. The van der Waals surface area contributed by atoms with Gasteiger partial charge in [0.1, 0.15) is 0 Å². The lowest BCUT2D eigenvalue weighted by atomic mass is 10.2. The fraction of sp³-hybridized carbons (Fsp3) is 0.786. The molecule has 0 amide bonds. The van der Waals surface area contributed by atoms with Crippen LogP contribution < -0.4 is 5.32 Å². The molecule has 3 nitrogen and oxygen atoms in total. The Morgan fingerprint density at radius 2 is 1.94 bits per heavy atom. The van der Waals surface area contributed by atoms with Crippen LogP contribution in [-0.4, -0.2) is 36.1 Å². The van der Waals surface area contributed by atoms with Gasteiger partial charge in [0.15, 0.2) is 0 Å². The van der Waals surface area contributed by atoms with Gasteiger partial charge in [0, 0.05) is 17.0 Å². The van der Waals surface area contributed by atoms with Gasteiger partial charge in [-0.05, 0) is 61.2 Å². The maximum Gasteiger partial charge on any atom is 0.0900 e. The van der Waals surface area contributed by atoms with Crippen molar-refractivity contribution in [2.45, 2.75) is 53.1 Å². The number of thiazole rings is 1. The molecule has 18 heavy (non-hydrogen) atoms. The summed E-state index contributed by atoms with van der Waals surface area (Å²) in [5.74, 6) is 0. The van der Waals surface area contributed by atoms with E-state index in [4.69, 9.17) is 0 Å². The molecular weight excluding hydrogens is 242 g/mol. The lowest BCUT2D eigenvalue weighted by Gasteiger charge is -2.21. The molecule has 1 aromatic rings. The second-order valence-electron chi connectivity index (χ2n) is 5.29. The lowest BCUT2D eigenvalue weighted by Crippen LogP contribution is -2.30. The minimum absolute atomic E-state index is 0.417. The van der Waals surface area contributed by atoms with Gasteiger partial charge in [-0.25, -0.2) is 4.98 Å². The topological polar surface area (TPSA) is 28.2 Å². The van der Waals surface area contributed by atoms with Crippen LogP contribution in [0.4, 0.5) is 0 Å². The molecule has 0 aliphatic rings. The normalized spacial score (nSPS) is 13.6. The smallest absolute Gasteiger partial charge is 0.0900 e. The van der Waals surface area contributed by atoms with Gasteiger partial charge in [0.05, 0.1) is 10.7 Å². The van der Waals surface area contributed by atoms with E-state index in [0.29, 0.717) is 12.1 Å². The highest BCUT2D eigenvalue weighted by Gasteiger charge is 2.12. The third-order valence-corrected chi connectivity index (χ3v) is 4.61. The Hall–Kier alpha value is -0.450. The highest BCUT2D eigenvalue weighted by molar-refractivity contribution is 7.11. The summed E-state index contributed by atoms with van der Waals surface area (Å²) in [6.07, 6.45) is 1.19. The van der Waals surface area contributed by atoms with Gasteiger partial charge in [-0.2, -0.15) is 0 Å². The SMILES string of the molecule is Cc1nc(C)c(C(C)NCCCN(C)C(C)C)s1. The molecule has 0 saturated heterocycles. The van der Waals surface area contributed by atoms with Crippen LogP contribution in [0.5, 0.6) is 0 Å². The summed E-state index contributed by atoms with van der Waals surface area (Å²) in [7, 11) is 2.19. The molecule has 1 unspecified atom stereocenters. The first-order valence-corrected chi connectivity index (χ1v) is 7.61. The molecule has 0 bridgehead atoms. The summed E-state index contributed by atoms with van der Waals surface area (Å²) in [6.45, 7) is 13.1. The van der Waals surface area contributed by atoms with E-state index in [1.165, 1.54) is 17.0 Å². The van der Waals surface area contributed by atoms with Crippen LogP contribution in [0.1, 0.15) is 48.8 Å². The van der Waals surface area contributed by atoms with Crippen molar-refractivity contribution in [3.63, 3.8) is 0 Å². The molecule has 1 rings (SSSR count). The van der Waals surface area contributed by atoms with Crippen LogP contribution in [0.3, 0.4) is 0 Å². The highest BCUT2D eigenvalue weighted by Crippen LogP contribution is 2.24. The van der Waals surface area contributed by atoms with Crippen LogP contribution in [0, 0.1) is 13.8 Å². The van der Waals surface area contributed by atoms with Crippen molar-refractivity contribution >= 4 is 11.3 Å². The molecular formula is C14H27N3S. The van der Waals surface area contributed by atoms with Crippen LogP contribution in [-0.2, 0) is 0 Å². The van der Waals surface area contributed by atoms with E-state index in [9.17, 15) is 0 Å². The molecule has 1 N–H and O–H groups in total. The van der Waals surface area contributed by atoms with Gasteiger partial charge in [-0.15, -0.1) is 11.3 Å². The van der Waals surface area contributed by atoms with Crippen molar-refractivity contribution in [1.29, 1.82) is 0 Å². The number of hydrogen-bond acceptors (Lipinski definition) is 4. The van der Waals surface area contributed by atoms with E-state index in [0.717, 1.165) is 18.1 Å². The van der Waals surface area contributed by atoms with E-state index >= 15 is 0 Å². The molecule has 0 fully saturated rings. The molecule has 4 heteroatoms. The summed E-state index contributed by atoms with van der Waals surface area (Å²) in [6, 6.07) is 1.05. The average molecular weight is 269 g/mol. The zero-order valence-corrected chi connectivity index (χ0v) is 13.4.